The standard InChI is InChI=1S/C11H17NO3/c1-8-5-9(14)12(10(15)6-8)11(7-13)3-2-4-11/h8,13H,2-7H2,1H3. The van der Waals surface area contributed by atoms with Crippen LogP contribution < -0.4 is 0 Å². The van der Waals surface area contributed by atoms with Crippen molar-refractivity contribution < 1.29 is 14.7 Å². The number of aliphatic hydroxyl groups is 1. The Balaban J connectivity index is 2.20. The first-order valence-electron chi connectivity index (χ1n) is 5.56. The predicted molar refractivity (Wildman–Crippen MR) is 53.9 cm³/mol. The van der Waals surface area contributed by atoms with Gasteiger partial charge in [0.15, 0.2) is 0 Å². The highest BCUT2D eigenvalue weighted by molar-refractivity contribution is 5.99. The third-order valence-corrected chi connectivity index (χ3v) is 3.60. The molecule has 1 saturated heterocycles. The topological polar surface area (TPSA) is 57.6 Å². The Morgan fingerprint density at radius 2 is 1.87 bits per heavy atom. The monoisotopic (exact) mass is 211 g/mol. The van der Waals surface area contributed by atoms with Crippen molar-refractivity contribution in [2.24, 2.45) is 5.92 Å². The Kier molecular flexibility index (Phi) is 2.54. The minimum Gasteiger partial charge on any atom is -0.394 e. The molecule has 4 nitrogen and oxygen atoms in total. The fourth-order valence-corrected chi connectivity index (χ4v) is 2.56. The number of imide groups is 1. The Bertz CT molecular complexity index is 273. The van der Waals surface area contributed by atoms with Gasteiger partial charge in [-0.2, -0.15) is 0 Å². The van der Waals surface area contributed by atoms with Crippen LogP contribution in [0.4, 0.5) is 0 Å². The lowest BCUT2D eigenvalue weighted by Gasteiger charge is -2.49. The van der Waals surface area contributed by atoms with Crippen LogP contribution in [-0.2, 0) is 9.59 Å². The predicted octanol–water partition coefficient (Wildman–Crippen LogP) is 0.686. The van der Waals surface area contributed by atoms with E-state index in [2.05, 4.69) is 0 Å². The molecule has 15 heavy (non-hydrogen) atoms. The highest BCUT2D eigenvalue weighted by atomic mass is 16.3. The molecule has 1 N–H and O–H groups in total. The summed E-state index contributed by atoms with van der Waals surface area (Å²) in [5, 5.41) is 9.34. The normalized spacial score (nSPS) is 26.7. The molecule has 1 aliphatic heterocycles. The molecule has 0 unspecified atom stereocenters. The summed E-state index contributed by atoms with van der Waals surface area (Å²) >= 11 is 0. The third kappa shape index (κ3) is 1.57. The average Bonchev–Trinajstić information content (AvgIpc) is 2.07. The molecule has 0 bridgehead atoms. The Morgan fingerprint density at radius 3 is 2.20 bits per heavy atom. The minimum atomic E-state index is -0.547. The van der Waals surface area contributed by atoms with Gasteiger partial charge in [0, 0.05) is 12.8 Å². The number of hydrogen-bond donors (Lipinski definition) is 1. The fraction of sp³-hybridized carbons (Fsp3) is 0.818. The molecular weight excluding hydrogens is 194 g/mol. The van der Waals surface area contributed by atoms with Gasteiger partial charge in [0.05, 0.1) is 12.1 Å². The number of nitrogens with zero attached hydrogens (tertiary/aromatic N) is 1. The van der Waals surface area contributed by atoms with Gasteiger partial charge in [-0.05, 0) is 25.2 Å². The van der Waals surface area contributed by atoms with Crippen LogP contribution in [0, 0.1) is 5.92 Å². The molecule has 0 spiro atoms. The number of hydrogen-bond acceptors (Lipinski definition) is 3. The molecule has 2 rings (SSSR count). The van der Waals surface area contributed by atoms with E-state index in [9.17, 15) is 14.7 Å². The van der Waals surface area contributed by atoms with Crippen molar-refractivity contribution in [1.82, 2.24) is 4.90 Å². The van der Waals surface area contributed by atoms with Crippen molar-refractivity contribution in [1.29, 1.82) is 0 Å². The maximum absolute atomic E-state index is 11.8. The lowest BCUT2D eigenvalue weighted by molar-refractivity contribution is -0.165. The van der Waals surface area contributed by atoms with E-state index in [-0.39, 0.29) is 24.3 Å². The molecule has 0 aromatic carbocycles. The summed E-state index contributed by atoms with van der Waals surface area (Å²) in [6.45, 7) is 1.83. The van der Waals surface area contributed by atoms with Crippen LogP contribution in [0.5, 0.6) is 0 Å². The lowest BCUT2D eigenvalue weighted by Crippen LogP contribution is -2.62. The number of piperidine rings is 1. The zero-order valence-corrected chi connectivity index (χ0v) is 9.03. The van der Waals surface area contributed by atoms with Gasteiger partial charge in [-0.1, -0.05) is 6.92 Å². The molecule has 0 aromatic heterocycles. The number of rotatable bonds is 2. The molecule has 1 aliphatic carbocycles. The average molecular weight is 211 g/mol. The van der Waals surface area contributed by atoms with Gasteiger partial charge in [-0.15, -0.1) is 0 Å². The molecule has 1 saturated carbocycles. The zero-order valence-electron chi connectivity index (χ0n) is 9.03. The second kappa shape index (κ2) is 3.59. The molecule has 2 aliphatic rings. The summed E-state index contributed by atoms with van der Waals surface area (Å²) in [5.41, 5.74) is -0.547. The van der Waals surface area contributed by atoms with Crippen LogP contribution >= 0.6 is 0 Å². The van der Waals surface area contributed by atoms with Gasteiger partial charge in [-0.3, -0.25) is 14.5 Å². The van der Waals surface area contributed by atoms with E-state index in [4.69, 9.17) is 0 Å². The first-order chi connectivity index (χ1) is 7.09. The molecule has 2 fully saturated rings. The van der Waals surface area contributed by atoms with Gasteiger partial charge in [0.1, 0.15) is 0 Å². The summed E-state index contributed by atoms with van der Waals surface area (Å²) in [6.07, 6.45) is 3.39. The van der Waals surface area contributed by atoms with Crippen LogP contribution in [-0.4, -0.2) is 34.0 Å². The van der Waals surface area contributed by atoms with Crippen molar-refractivity contribution in [2.75, 3.05) is 6.61 Å². The molecule has 2 amide bonds. The van der Waals surface area contributed by atoms with Gasteiger partial charge in [0.2, 0.25) is 11.8 Å². The van der Waals surface area contributed by atoms with Crippen LogP contribution in [0.3, 0.4) is 0 Å². The summed E-state index contributed by atoms with van der Waals surface area (Å²) < 4.78 is 0. The first kappa shape index (κ1) is 10.6. The molecular formula is C11H17NO3. The van der Waals surface area contributed by atoms with E-state index in [1.165, 1.54) is 4.90 Å². The summed E-state index contributed by atoms with van der Waals surface area (Å²) in [6, 6.07) is 0. The van der Waals surface area contributed by atoms with Crippen molar-refractivity contribution in [3.8, 4) is 0 Å². The smallest absolute Gasteiger partial charge is 0.230 e. The second-order valence-corrected chi connectivity index (χ2v) is 4.87. The van der Waals surface area contributed by atoms with E-state index >= 15 is 0 Å². The van der Waals surface area contributed by atoms with Crippen LogP contribution in [0.1, 0.15) is 39.0 Å². The fourth-order valence-electron chi connectivity index (χ4n) is 2.56. The number of likely N-dealkylation sites (tertiary alicyclic amines) is 1. The van der Waals surface area contributed by atoms with Gasteiger partial charge >= 0.3 is 0 Å². The Hall–Kier alpha value is -0.900. The second-order valence-electron chi connectivity index (χ2n) is 4.87. The zero-order chi connectivity index (χ0) is 11.1. The molecule has 1 heterocycles. The van der Waals surface area contributed by atoms with Crippen LogP contribution in [0.2, 0.25) is 0 Å². The highest BCUT2D eigenvalue weighted by Gasteiger charge is 2.49. The van der Waals surface area contributed by atoms with E-state index < -0.39 is 5.54 Å². The van der Waals surface area contributed by atoms with E-state index in [1.807, 2.05) is 6.92 Å². The molecule has 84 valence electrons. The lowest BCUT2D eigenvalue weighted by atomic mass is 9.74. The minimum absolute atomic E-state index is 0.0845. The van der Waals surface area contributed by atoms with Crippen molar-refractivity contribution in [2.45, 2.75) is 44.6 Å². The Morgan fingerprint density at radius 1 is 1.33 bits per heavy atom. The van der Waals surface area contributed by atoms with Gasteiger partial charge in [0.25, 0.3) is 0 Å². The maximum atomic E-state index is 11.8. The SMILES string of the molecule is CC1CC(=O)N(C2(CO)CCC2)C(=O)C1. The quantitative estimate of drug-likeness (QED) is 0.683. The van der Waals surface area contributed by atoms with E-state index in [1.54, 1.807) is 0 Å². The largest absolute Gasteiger partial charge is 0.394 e. The highest BCUT2D eigenvalue weighted by Crippen LogP contribution is 2.40. The van der Waals surface area contributed by atoms with Crippen molar-refractivity contribution >= 4 is 11.8 Å². The van der Waals surface area contributed by atoms with E-state index in [0.29, 0.717) is 12.8 Å². The van der Waals surface area contributed by atoms with Crippen LogP contribution in [0.25, 0.3) is 0 Å². The molecule has 0 atom stereocenters. The van der Waals surface area contributed by atoms with Gasteiger partial charge < -0.3 is 5.11 Å². The first-order valence-corrected chi connectivity index (χ1v) is 5.56. The van der Waals surface area contributed by atoms with Crippen molar-refractivity contribution in [3.05, 3.63) is 0 Å². The van der Waals surface area contributed by atoms with Gasteiger partial charge in [-0.25, -0.2) is 0 Å². The Labute approximate surface area is 89.3 Å². The summed E-state index contributed by atoms with van der Waals surface area (Å²) in [5.74, 6) is -0.0583. The number of amides is 2. The third-order valence-electron chi connectivity index (χ3n) is 3.60. The van der Waals surface area contributed by atoms with Crippen LogP contribution in [0.15, 0.2) is 0 Å². The summed E-state index contributed by atoms with van der Waals surface area (Å²) in [7, 11) is 0. The number of aliphatic hydroxyl groups excluding tert-OH is 1. The number of carbonyl (C=O) groups excluding carboxylic acids is 2. The van der Waals surface area contributed by atoms with E-state index in [0.717, 1.165) is 19.3 Å². The molecule has 4 heteroatoms. The maximum Gasteiger partial charge on any atom is 0.230 e. The summed E-state index contributed by atoms with van der Waals surface area (Å²) in [4.78, 5) is 25.0. The molecule has 0 radical (unpaired) electrons. The van der Waals surface area contributed by atoms with Crippen molar-refractivity contribution in [3.63, 3.8) is 0 Å². The number of carbonyl (C=O) groups is 2. The molecule has 0 aromatic rings.